The van der Waals surface area contributed by atoms with Gasteiger partial charge in [0.2, 0.25) is 0 Å². The Labute approximate surface area is 390 Å². The molecule has 0 bridgehead atoms. The molecule has 6 aromatic carbocycles. The number of nitrogen functional groups attached to an aromatic ring is 2. The summed E-state index contributed by atoms with van der Waals surface area (Å²) in [5.74, 6) is -9.60. The molecule has 0 spiro atoms. The Hall–Kier alpha value is -10.4. The Bertz CT molecular complexity index is 3380. The maximum absolute atomic E-state index is 14.0. The zero-order chi connectivity index (χ0) is 50.9. The van der Waals surface area contributed by atoms with Crippen LogP contribution in [0.1, 0.15) is 22.3 Å². The number of aromatic amines is 2. The summed E-state index contributed by atoms with van der Waals surface area (Å²) in [7, 11) is 0. The van der Waals surface area contributed by atoms with E-state index in [-0.39, 0.29) is 67.8 Å². The number of hydrogen-bond donors (Lipinski definition) is 14. The molecule has 0 atom stereocenters. The summed E-state index contributed by atoms with van der Waals surface area (Å²) in [4.78, 5) is 60.8. The first-order valence-corrected chi connectivity index (χ1v) is 19.9. The molecule has 0 amide bonds. The lowest BCUT2D eigenvalue weighted by molar-refractivity contribution is -0.133. The molecule has 2 heterocycles. The fraction of sp³-hybridized carbons (Fsp3) is 0. The van der Waals surface area contributed by atoms with Crippen LogP contribution in [0.5, 0.6) is 23.0 Å². The highest BCUT2D eigenvalue weighted by atomic mass is 19.1. The number of benzene rings is 6. The Morgan fingerprint density at radius 3 is 1.17 bits per heavy atom. The maximum Gasteiger partial charge on any atom is 0.336 e. The highest BCUT2D eigenvalue weighted by molar-refractivity contribution is 6.21. The Morgan fingerprint density at radius 2 is 0.843 bits per heavy atom. The van der Waals surface area contributed by atoms with Gasteiger partial charge in [-0.25, -0.2) is 37.9 Å². The molecular weight excluding hydrogens is 919 g/mol. The number of fused-ring (bicyclic) bond motifs is 2. The number of carboxylic acids is 4. The number of aromatic hydroxyl groups is 4. The highest BCUT2D eigenvalue weighted by Gasteiger charge is 2.25. The van der Waals surface area contributed by atoms with Crippen LogP contribution in [0, 0.1) is 22.5 Å². The summed E-state index contributed by atoms with van der Waals surface area (Å²) in [6.07, 6.45) is 0.955. The Morgan fingerprint density at radius 1 is 0.486 bits per heavy atom. The maximum atomic E-state index is 14.0. The fourth-order valence-electron chi connectivity index (χ4n) is 7.19. The minimum absolute atomic E-state index is 0.0423. The average molecular weight is 953 g/mol. The third kappa shape index (κ3) is 9.75. The molecule has 8 aromatic rings. The van der Waals surface area contributed by atoms with Crippen LogP contribution in [0.25, 0.3) is 78.2 Å². The van der Waals surface area contributed by atoms with Gasteiger partial charge in [-0.15, -0.1) is 0 Å². The number of nitrogens with two attached hydrogens (primary N) is 2. The number of nitrogens with zero attached hydrogens (tertiary/aromatic N) is 2. The molecule has 0 aliphatic carbocycles. The summed E-state index contributed by atoms with van der Waals surface area (Å²) < 4.78 is 27.9. The first-order chi connectivity index (χ1) is 33.1. The second kappa shape index (κ2) is 18.8. The number of imidazole rings is 2. The number of aliphatic carboxylic acids is 4. The highest BCUT2D eigenvalue weighted by Crippen LogP contribution is 2.45. The molecule has 2 aromatic heterocycles. The second-order valence-corrected chi connectivity index (χ2v) is 15.0. The topological polar surface area (TPSA) is 387 Å². The monoisotopic (exact) mass is 952 g/mol. The van der Waals surface area contributed by atoms with Gasteiger partial charge in [0.1, 0.15) is 58.0 Å². The number of amidine groups is 2. The Kier molecular flexibility index (Phi) is 12.8. The van der Waals surface area contributed by atoms with Crippen LogP contribution < -0.4 is 11.5 Å². The van der Waals surface area contributed by atoms with Crippen molar-refractivity contribution in [1.29, 1.82) is 10.8 Å². The van der Waals surface area contributed by atoms with Crippen LogP contribution in [-0.4, -0.2) is 96.3 Å². The lowest BCUT2D eigenvalue weighted by atomic mass is 9.93. The third-order valence-electron chi connectivity index (χ3n) is 10.4. The number of H-pyrrole nitrogens is 2. The van der Waals surface area contributed by atoms with Crippen LogP contribution >= 0.6 is 0 Å². The standard InChI is InChI=1S/2C24H17FN4O6/c2*25-12-2-4-19(30)14(8-12)15-5-11(13(24(34)35)9-20(31)32)6-16(21(15)33)23-28-17-3-1-10(22(26)27)7-18(17)29-23/h2*1-9,30,33H,(H3,26,27)(H,28,29)(H,31,32)(H,34,35)/b13-9+;13-9-. The molecule has 0 radical (unpaired) electrons. The number of halogens is 2. The summed E-state index contributed by atoms with van der Waals surface area (Å²) in [5.41, 5.74) is 11.4. The molecule has 8 rings (SSSR count). The molecule has 0 saturated carbocycles. The number of carbonyl (C=O) groups is 4. The first kappa shape index (κ1) is 47.6. The van der Waals surface area contributed by atoms with E-state index in [0.29, 0.717) is 45.3 Å². The summed E-state index contributed by atoms with van der Waals surface area (Å²) in [5, 5.41) is 95.4. The van der Waals surface area contributed by atoms with E-state index in [0.717, 1.165) is 48.5 Å². The van der Waals surface area contributed by atoms with E-state index in [1.807, 2.05) is 0 Å². The van der Waals surface area contributed by atoms with Gasteiger partial charge in [0.15, 0.2) is 0 Å². The normalized spacial score (nSPS) is 11.5. The van der Waals surface area contributed by atoms with Gasteiger partial charge < -0.3 is 62.3 Å². The SMILES string of the molecule is N=C(N)c1ccc2nc(-c3cc(/C(=C/C(=O)O)C(=O)O)cc(-c4cc(F)ccc4O)c3O)[nH]c2c1.N=C(N)c1ccc2nc(-c3cc(/C(=C\C(=O)O)C(=O)O)cc(-c4cc(F)ccc4O)c3O)[nH]c2c1. The lowest BCUT2D eigenvalue weighted by Gasteiger charge is -2.14. The number of carboxylic acid groups (broad SMARTS) is 4. The molecule has 0 aliphatic heterocycles. The van der Waals surface area contributed by atoms with E-state index in [9.17, 15) is 58.6 Å². The van der Waals surface area contributed by atoms with E-state index in [1.165, 1.54) is 12.1 Å². The molecule has 0 saturated heterocycles. The largest absolute Gasteiger partial charge is 0.507 e. The van der Waals surface area contributed by atoms with Crippen molar-refractivity contribution in [3.05, 3.63) is 143 Å². The van der Waals surface area contributed by atoms with Gasteiger partial charge >= 0.3 is 23.9 Å². The molecule has 0 unspecified atom stereocenters. The van der Waals surface area contributed by atoms with Gasteiger partial charge in [-0.05, 0) is 108 Å². The fourth-order valence-corrected chi connectivity index (χ4v) is 7.19. The van der Waals surface area contributed by atoms with Crippen molar-refractivity contribution in [2.45, 2.75) is 0 Å². The van der Waals surface area contributed by atoms with Crippen LogP contribution in [-0.2, 0) is 19.2 Å². The molecule has 20 nitrogen and oxygen atoms in total. The van der Waals surface area contributed by atoms with E-state index in [2.05, 4.69) is 19.9 Å². The van der Waals surface area contributed by atoms with Crippen molar-refractivity contribution < 1.29 is 68.8 Å². The molecule has 0 aliphatic rings. The third-order valence-corrected chi connectivity index (χ3v) is 10.4. The van der Waals surface area contributed by atoms with E-state index < -0.39 is 69.7 Å². The number of nitrogens with one attached hydrogen (secondary N) is 4. The van der Waals surface area contributed by atoms with Gasteiger partial charge in [0.25, 0.3) is 0 Å². The number of phenolic OH excluding ortho intramolecular Hbond substituents is 4. The van der Waals surface area contributed by atoms with Gasteiger partial charge in [-0.3, -0.25) is 10.8 Å². The molecular formula is C48H34F2N8O12. The van der Waals surface area contributed by atoms with E-state index >= 15 is 0 Å². The van der Waals surface area contributed by atoms with Crippen LogP contribution in [0.2, 0.25) is 0 Å². The van der Waals surface area contributed by atoms with Gasteiger partial charge in [0.05, 0.1) is 44.3 Å². The number of aromatic nitrogens is 4. The summed E-state index contributed by atoms with van der Waals surface area (Å²) in [6, 6.07) is 20.1. The van der Waals surface area contributed by atoms with Crippen LogP contribution in [0.3, 0.4) is 0 Å². The minimum atomic E-state index is -1.56. The van der Waals surface area contributed by atoms with Crippen molar-refractivity contribution in [2.24, 2.45) is 11.5 Å². The van der Waals surface area contributed by atoms with Crippen molar-refractivity contribution in [1.82, 2.24) is 19.9 Å². The molecule has 352 valence electrons. The van der Waals surface area contributed by atoms with E-state index in [4.69, 9.17) is 32.5 Å². The predicted octanol–water partition coefficient (Wildman–Crippen LogP) is 6.57. The second-order valence-electron chi connectivity index (χ2n) is 15.0. The van der Waals surface area contributed by atoms with Gasteiger partial charge in [-0.1, -0.05) is 0 Å². The lowest BCUT2D eigenvalue weighted by Crippen LogP contribution is -2.10. The van der Waals surface area contributed by atoms with Crippen LogP contribution in [0.4, 0.5) is 8.78 Å². The average Bonchev–Trinajstić information content (AvgIpc) is 3.93. The first-order valence-electron chi connectivity index (χ1n) is 19.9. The van der Waals surface area contributed by atoms with E-state index in [1.54, 1.807) is 36.4 Å². The number of rotatable bonds is 12. The molecule has 70 heavy (non-hydrogen) atoms. The predicted molar refractivity (Wildman–Crippen MR) is 249 cm³/mol. The minimum Gasteiger partial charge on any atom is -0.507 e. The van der Waals surface area contributed by atoms with Crippen LogP contribution in [0.15, 0.2) is 109 Å². The van der Waals surface area contributed by atoms with Gasteiger partial charge in [0, 0.05) is 45.5 Å². The van der Waals surface area contributed by atoms with Crippen molar-refractivity contribution in [3.8, 4) is 68.0 Å². The summed E-state index contributed by atoms with van der Waals surface area (Å²) >= 11 is 0. The smallest absolute Gasteiger partial charge is 0.336 e. The molecule has 16 N–H and O–H groups in total. The molecule has 0 fully saturated rings. The quantitative estimate of drug-likeness (QED) is 0.0350. The zero-order valence-electron chi connectivity index (χ0n) is 35.4. The number of hydrogen-bond acceptors (Lipinski definition) is 12. The Balaban J connectivity index is 0.000000206. The molecule has 22 heteroatoms. The number of phenols is 4. The van der Waals surface area contributed by atoms with Crippen molar-refractivity contribution >= 4 is 68.8 Å². The zero-order valence-corrected chi connectivity index (χ0v) is 35.4. The van der Waals surface area contributed by atoms with Crippen molar-refractivity contribution in [3.63, 3.8) is 0 Å². The van der Waals surface area contributed by atoms with Gasteiger partial charge in [-0.2, -0.15) is 0 Å². The van der Waals surface area contributed by atoms with Crippen molar-refractivity contribution in [2.75, 3.05) is 0 Å². The summed E-state index contributed by atoms with van der Waals surface area (Å²) in [6.45, 7) is 0.